The van der Waals surface area contributed by atoms with Crippen molar-refractivity contribution in [2.45, 2.75) is 94.9 Å². The van der Waals surface area contributed by atoms with Crippen LogP contribution in [0.15, 0.2) is 0 Å². The van der Waals surface area contributed by atoms with Crippen LogP contribution in [0.25, 0.3) is 0 Å². The van der Waals surface area contributed by atoms with E-state index in [1.807, 2.05) is 0 Å². The fraction of sp³-hybridized carbons (Fsp3) is 1.00. The molecule has 3 saturated heterocycles. The molecule has 1 spiro atoms. The Kier molecular flexibility index (Phi) is 7.84. The summed E-state index contributed by atoms with van der Waals surface area (Å²) in [6.45, 7) is 4.22. The van der Waals surface area contributed by atoms with Crippen LogP contribution in [0.2, 0.25) is 0 Å². The number of hydrogen-bond donors (Lipinski definition) is 0. The minimum absolute atomic E-state index is 0.00507. The van der Waals surface area contributed by atoms with Gasteiger partial charge >= 0.3 is 0 Å². The number of ether oxygens (including phenoxy) is 4. The molecule has 0 aromatic rings. The lowest BCUT2D eigenvalue weighted by Gasteiger charge is -2.36. The molecule has 3 atom stereocenters. The monoisotopic (exact) mass is 340 g/mol. The first-order valence-electron chi connectivity index (χ1n) is 10.3. The van der Waals surface area contributed by atoms with E-state index in [0.717, 1.165) is 58.7 Å². The molecule has 0 bridgehead atoms. The predicted molar refractivity (Wildman–Crippen MR) is 94.4 cm³/mol. The highest BCUT2D eigenvalue weighted by atomic mass is 16.6. The molecule has 3 rings (SSSR count). The predicted octanol–water partition coefficient (Wildman–Crippen LogP) is 4.25. The fourth-order valence-electron chi connectivity index (χ4n) is 4.30. The van der Waals surface area contributed by atoms with Crippen molar-refractivity contribution in [3.05, 3.63) is 0 Å². The standard InChI is InChI=1S/C20H36O4/c1-2-5-13-21-16-10-19(22-14-6-3-1)18-9-8-12-20(17-23-18)11-4-7-15-24-20/h18-19H,1-17H2. The van der Waals surface area contributed by atoms with Gasteiger partial charge in [-0.05, 0) is 57.8 Å². The molecule has 0 amide bonds. The van der Waals surface area contributed by atoms with E-state index in [1.54, 1.807) is 0 Å². The molecule has 3 fully saturated rings. The lowest BCUT2D eigenvalue weighted by molar-refractivity contribution is -0.148. The van der Waals surface area contributed by atoms with E-state index >= 15 is 0 Å². The van der Waals surface area contributed by atoms with Crippen LogP contribution in [0.3, 0.4) is 0 Å². The van der Waals surface area contributed by atoms with Gasteiger partial charge in [-0.3, -0.25) is 0 Å². The maximum atomic E-state index is 6.35. The summed E-state index contributed by atoms with van der Waals surface area (Å²) in [5.41, 5.74) is -0.00507. The summed E-state index contributed by atoms with van der Waals surface area (Å²) in [5, 5.41) is 0. The van der Waals surface area contributed by atoms with Crippen molar-refractivity contribution < 1.29 is 18.9 Å². The first kappa shape index (κ1) is 18.6. The Hall–Kier alpha value is -0.160. The summed E-state index contributed by atoms with van der Waals surface area (Å²) in [4.78, 5) is 0. The summed E-state index contributed by atoms with van der Waals surface area (Å²) in [6, 6.07) is 0. The van der Waals surface area contributed by atoms with Gasteiger partial charge in [0.25, 0.3) is 0 Å². The number of hydrogen-bond acceptors (Lipinski definition) is 4. The van der Waals surface area contributed by atoms with Gasteiger partial charge in [0.2, 0.25) is 0 Å². The molecule has 3 aliphatic rings. The molecule has 0 radical (unpaired) electrons. The zero-order valence-corrected chi connectivity index (χ0v) is 15.3. The summed E-state index contributed by atoms with van der Waals surface area (Å²) < 4.78 is 24.5. The highest BCUT2D eigenvalue weighted by molar-refractivity contribution is 4.88. The largest absolute Gasteiger partial charge is 0.381 e. The van der Waals surface area contributed by atoms with E-state index < -0.39 is 0 Å². The van der Waals surface area contributed by atoms with Crippen molar-refractivity contribution in [2.24, 2.45) is 0 Å². The molecule has 3 unspecified atom stereocenters. The Morgan fingerprint density at radius 2 is 1.33 bits per heavy atom. The Balaban J connectivity index is 1.51. The zero-order chi connectivity index (χ0) is 16.5. The van der Waals surface area contributed by atoms with Crippen LogP contribution < -0.4 is 0 Å². The highest BCUT2D eigenvalue weighted by Gasteiger charge is 2.38. The fourth-order valence-corrected chi connectivity index (χ4v) is 4.30. The second-order valence-corrected chi connectivity index (χ2v) is 7.81. The van der Waals surface area contributed by atoms with Crippen LogP contribution in [-0.2, 0) is 18.9 Å². The molecule has 0 aliphatic carbocycles. The average Bonchev–Trinajstić information content (AvgIpc) is 2.79. The van der Waals surface area contributed by atoms with E-state index in [1.165, 1.54) is 51.4 Å². The molecule has 24 heavy (non-hydrogen) atoms. The maximum absolute atomic E-state index is 6.35. The maximum Gasteiger partial charge on any atom is 0.0915 e. The average molecular weight is 341 g/mol. The van der Waals surface area contributed by atoms with Gasteiger partial charge in [0, 0.05) is 26.4 Å². The van der Waals surface area contributed by atoms with Gasteiger partial charge in [-0.1, -0.05) is 19.3 Å². The van der Waals surface area contributed by atoms with Crippen LogP contribution >= 0.6 is 0 Å². The molecule has 0 N–H and O–H groups in total. The number of rotatable bonds is 1. The molecule has 0 aromatic heterocycles. The second-order valence-electron chi connectivity index (χ2n) is 7.81. The van der Waals surface area contributed by atoms with Crippen molar-refractivity contribution >= 4 is 0 Å². The van der Waals surface area contributed by atoms with Gasteiger partial charge < -0.3 is 18.9 Å². The molecule has 3 aliphatic heterocycles. The molecule has 140 valence electrons. The van der Waals surface area contributed by atoms with Gasteiger partial charge in [0.05, 0.1) is 24.4 Å². The van der Waals surface area contributed by atoms with Crippen LogP contribution in [0, 0.1) is 0 Å². The molecule has 0 saturated carbocycles. The van der Waals surface area contributed by atoms with Crippen molar-refractivity contribution in [1.82, 2.24) is 0 Å². The second kappa shape index (κ2) is 10.1. The molecular weight excluding hydrogens is 304 g/mol. The van der Waals surface area contributed by atoms with Crippen molar-refractivity contribution in [1.29, 1.82) is 0 Å². The normalized spacial score (nSPS) is 38.0. The zero-order valence-electron chi connectivity index (χ0n) is 15.3. The van der Waals surface area contributed by atoms with Gasteiger partial charge in [-0.25, -0.2) is 0 Å². The molecular formula is C20H36O4. The van der Waals surface area contributed by atoms with E-state index in [9.17, 15) is 0 Å². The first-order chi connectivity index (χ1) is 11.9. The van der Waals surface area contributed by atoms with E-state index in [0.29, 0.717) is 0 Å². The third-order valence-corrected chi connectivity index (χ3v) is 5.84. The van der Waals surface area contributed by atoms with Crippen LogP contribution in [0.1, 0.15) is 77.0 Å². The summed E-state index contributed by atoms with van der Waals surface area (Å²) >= 11 is 0. The van der Waals surface area contributed by atoms with Crippen molar-refractivity contribution in [3.8, 4) is 0 Å². The minimum Gasteiger partial charge on any atom is -0.381 e. The lowest BCUT2D eigenvalue weighted by Crippen LogP contribution is -2.41. The van der Waals surface area contributed by atoms with Crippen LogP contribution in [0.5, 0.6) is 0 Å². The van der Waals surface area contributed by atoms with Crippen LogP contribution in [-0.4, -0.2) is 50.8 Å². The van der Waals surface area contributed by atoms with Gasteiger partial charge in [-0.2, -0.15) is 0 Å². The molecule has 3 heterocycles. The minimum atomic E-state index is -0.00507. The van der Waals surface area contributed by atoms with Gasteiger partial charge in [0.15, 0.2) is 0 Å². The summed E-state index contributed by atoms with van der Waals surface area (Å²) in [6.07, 6.45) is 14.7. The van der Waals surface area contributed by atoms with Crippen molar-refractivity contribution in [3.63, 3.8) is 0 Å². The molecule has 0 aromatic carbocycles. The third-order valence-electron chi connectivity index (χ3n) is 5.84. The third kappa shape index (κ3) is 5.69. The lowest BCUT2D eigenvalue weighted by atomic mass is 9.89. The van der Waals surface area contributed by atoms with E-state index in [2.05, 4.69) is 0 Å². The first-order valence-corrected chi connectivity index (χ1v) is 10.3. The Morgan fingerprint density at radius 1 is 0.583 bits per heavy atom. The quantitative estimate of drug-likeness (QED) is 0.715. The van der Waals surface area contributed by atoms with E-state index in [4.69, 9.17) is 18.9 Å². The highest BCUT2D eigenvalue weighted by Crippen LogP contribution is 2.34. The van der Waals surface area contributed by atoms with Gasteiger partial charge in [-0.15, -0.1) is 0 Å². The van der Waals surface area contributed by atoms with Crippen molar-refractivity contribution in [2.75, 3.05) is 33.0 Å². The SMILES string of the molecule is C1CCCOCCC(C2CCCC3(CCCCO3)CO2)OCCC1. The smallest absolute Gasteiger partial charge is 0.0915 e. The molecule has 4 heteroatoms. The Bertz CT molecular complexity index is 326. The van der Waals surface area contributed by atoms with E-state index in [-0.39, 0.29) is 17.8 Å². The Labute approximate surface area is 147 Å². The summed E-state index contributed by atoms with van der Waals surface area (Å²) in [5.74, 6) is 0. The van der Waals surface area contributed by atoms with Gasteiger partial charge in [0.1, 0.15) is 0 Å². The molecule has 4 nitrogen and oxygen atoms in total. The van der Waals surface area contributed by atoms with Crippen LogP contribution in [0.4, 0.5) is 0 Å². The summed E-state index contributed by atoms with van der Waals surface area (Å²) in [7, 11) is 0. The Morgan fingerprint density at radius 3 is 2.21 bits per heavy atom. The topological polar surface area (TPSA) is 36.9 Å².